The Morgan fingerprint density at radius 3 is 2.61 bits per heavy atom. The van der Waals surface area contributed by atoms with Crippen molar-refractivity contribution in [3.63, 3.8) is 0 Å². The molecule has 104 valence electrons. The lowest BCUT2D eigenvalue weighted by molar-refractivity contribution is -0.0549. The smallest absolute Gasteiger partial charge is 0.0807 e. The molecule has 2 unspecified atom stereocenters. The minimum atomic E-state index is -0.137. The van der Waals surface area contributed by atoms with E-state index in [-0.39, 0.29) is 5.60 Å². The second-order valence-corrected chi connectivity index (χ2v) is 4.89. The minimum absolute atomic E-state index is 0.137. The standard InChI is InChI=1S/C14H27N3O/c1-6-14(4,18-8-3)13(15-7-2)11-12-9-10-17(5)16-12/h9-10,13,15H,6-8,11H2,1-5H3. The molecule has 0 fully saturated rings. The topological polar surface area (TPSA) is 39.1 Å². The van der Waals surface area contributed by atoms with Gasteiger partial charge < -0.3 is 10.1 Å². The molecule has 0 aliphatic carbocycles. The van der Waals surface area contributed by atoms with Crippen LogP contribution in [0.2, 0.25) is 0 Å². The summed E-state index contributed by atoms with van der Waals surface area (Å²) in [6.07, 6.45) is 3.88. The fourth-order valence-corrected chi connectivity index (χ4v) is 2.31. The van der Waals surface area contributed by atoms with E-state index in [1.807, 2.05) is 17.9 Å². The van der Waals surface area contributed by atoms with Gasteiger partial charge in [0.25, 0.3) is 0 Å². The van der Waals surface area contributed by atoms with Crippen LogP contribution in [0.15, 0.2) is 12.3 Å². The Hall–Kier alpha value is -0.870. The quantitative estimate of drug-likeness (QED) is 0.771. The summed E-state index contributed by atoms with van der Waals surface area (Å²) in [5.41, 5.74) is 0.977. The molecule has 0 saturated heterocycles. The van der Waals surface area contributed by atoms with Gasteiger partial charge in [-0.3, -0.25) is 4.68 Å². The van der Waals surface area contributed by atoms with Crippen molar-refractivity contribution >= 4 is 0 Å². The van der Waals surface area contributed by atoms with Crippen LogP contribution in [0.5, 0.6) is 0 Å². The fourth-order valence-electron chi connectivity index (χ4n) is 2.31. The molecule has 2 atom stereocenters. The molecular weight excluding hydrogens is 226 g/mol. The van der Waals surface area contributed by atoms with Crippen molar-refractivity contribution in [2.75, 3.05) is 13.2 Å². The van der Waals surface area contributed by atoms with Crippen LogP contribution in [0.4, 0.5) is 0 Å². The number of rotatable bonds is 8. The lowest BCUT2D eigenvalue weighted by Crippen LogP contribution is -2.51. The van der Waals surface area contributed by atoms with Gasteiger partial charge >= 0.3 is 0 Å². The molecule has 0 amide bonds. The summed E-state index contributed by atoms with van der Waals surface area (Å²) in [6.45, 7) is 10.2. The number of hydrogen-bond acceptors (Lipinski definition) is 3. The predicted octanol–water partition coefficient (Wildman–Crippen LogP) is 2.15. The van der Waals surface area contributed by atoms with Crippen molar-refractivity contribution < 1.29 is 4.74 Å². The Bertz CT molecular complexity index is 351. The lowest BCUT2D eigenvalue weighted by atomic mass is 9.89. The second-order valence-electron chi connectivity index (χ2n) is 4.89. The van der Waals surface area contributed by atoms with Crippen LogP contribution in [0.25, 0.3) is 0 Å². The van der Waals surface area contributed by atoms with Crippen LogP contribution in [-0.4, -0.2) is 34.6 Å². The van der Waals surface area contributed by atoms with Crippen molar-refractivity contribution in [1.82, 2.24) is 15.1 Å². The number of likely N-dealkylation sites (N-methyl/N-ethyl adjacent to an activating group) is 1. The van der Waals surface area contributed by atoms with Crippen LogP contribution in [0.3, 0.4) is 0 Å². The largest absolute Gasteiger partial charge is 0.374 e. The highest BCUT2D eigenvalue weighted by atomic mass is 16.5. The summed E-state index contributed by atoms with van der Waals surface area (Å²) in [4.78, 5) is 0. The number of aryl methyl sites for hydroxylation is 1. The maximum atomic E-state index is 5.98. The van der Waals surface area contributed by atoms with E-state index >= 15 is 0 Å². The van der Waals surface area contributed by atoms with E-state index in [1.165, 1.54) is 0 Å². The van der Waals surface area contributed by atoms with Gasteiger partial charge in [0, 0.05) is 32.3 Å². The van der Waals surface area contributed by atoms with Crippen molar-refractivity contribution in [2.24, 2.45) is 7.05 Å². The van der Waals surface area contributed by atoms with E-state index in [1.54, 1.807) is 0 Å². The molecule has 0 spiro atoms. The molecule has 1 N–H and O–H groups in total. The van der Waals surface area contributed by atoms with Crippen LogP contribution in [0, 0.1) is 0 Å². The predicted molar refractivity (Wildman–Crippen MR) is 74.7 cm³/mol. The molecule has 0 aromatic carbocycles. The third-order valence-electron chi connectivity index (χ3n) is 3.55. The van der Waals surface area contributed by atoms with Gasteiger partial charge in [0.1, 0.15) is 0 Å². The lowest BCUT2D eigenvalue weighted by Gasteiger charge is -2.37. The fraction of sp³-hybridized carbons (Fsp3) is 0.786. The van der Waals surface area contributed by atoms with Gasteiger partial charge in [0.05, 0.1) is 11.3 Å². The molecule has 0 aliphatic rings. The summed E-state index contributed by atoms with van der Waals surface area (Å²) < 4.78 is 7.82. The normalized spacial score (nSPS) is 16.5. The van der Waals surface area contributed by atoms with Crippen LogP contribution >= 0.6 is 0 Å². The zero-order chi connectivity index (χ0) is 13.6. The number of nitrogens with one attached hydrogen (secondary N) is 1. The molecule has 18 heavy (non-hydrogen) atoms. The van der Waals surface area contributed by atoms with Crippen LogP contribution in [-0.2, 0) is 18.2 Å². The number of ether oxygens (including phenoxy) is 1. The Kier molecular flexibility index (Phi) is 5.82. The first-order valence-electron chi connectivity index (χ1n) is 6.91. The molecule has 4 nitrogen and oxygen atoms in total. The number of aromatic nitrogens is 2. The monoisotopic (exact) mass is 253 g/mol. The van der Waals surface area contributed by atoms with Gasteiger partial charge in [0.15, 0.2) is 0 Å². The molecule has 0 saturated carbocycles. The van der Waals surface area contributed by atoms with E-state index in [0.717, 1.165) is 31.7 Å². The van der Waals surface area contributed by atoms with E-state index in [4.69, 9.17) is 4.74 Å². The Labute approximate surface area is 111 Å². The van der Waals surface area contributed by atoms with Gasteiger partial charge in [0.2, 0.25) is 0 Å². The average molecular weight is 253 g/mol. The molecule has 1 rings (SSSR count). The van der Waals surface area contributed by atoms with Crippen molar-refractivity contribution in [3.05, 3.63) is 18.0 Å². The molecular formula is C14H27N3O. The maximum Gasteiger partial charge on any atom is 0.0807 e. The van der Waals surface area contributed by atoms with Gasteiger partial charge in [-0.05, 0) is 32.9 Å². The van der Waals surface area contributed by atoms with Gasteiger partial charge in [-0.1, -0.05) is 13.8 Å². The highest BCUT2D eigenvalue weighted by Crippen LogP contribution is 2.22. The Morgan fingerprint density at radius 1 is 1.44 bits per heavy atom. The van der Waals surface area contributed by atoms with E-state index in [9.17, 15) is 0 Å². The highest BCUT2D eigenvalue weighted by Gasteiger charge is 2.33. The molecule has 0 radical (unpaired) electrons. The Balaban J connectivity index is 2.80. The molecule has 0 bridgehead atoms. The van der Waals surface area contributed by atoms with Gasteiger partial charge in [-0.15, -0.1) is 0 Å². The van der Waals surface area contributed by atoms with Gasteiger partial charge in [-0.2, -0.15) is 5.10 Å². The van der Waals surface area contributed by atoms with Crippen LogP contribution < -0.4 is 5.32 Å². The molecule has 4 heteroatoms. The van der Waals surface area contributed by atoms with E-state index in [2.05, 4.69) is 44.2 Å². The average Bonchev–Trinajstić information content (AvgIpc) is 2.74. The van der Waals surface area contributed by atoms with Gasteiger partial charge in [-0.25, -0.2) is 0 Å². The zero-order valence-corrected chi connectivity index (χ0v) is 12.4. The van der Waals surface area contributed by atoms with Crippen LogP contribution in [0.1, 0.15) is 39.8 Å². The first-order chi connectivity index (χ1) is 8.55. The van der Waals surface area contributed by atoms with Crippen molar-refractivity contribution in [1.29, 1.82) is 0 Å². The van der Waals surface area contributed by atoms with Crippen molar-refractivity contribution in [2.45, 2.75) is 52.2 Å². The highest BCUT2D eigenvalue weighted by molar-refractivity contribution is 5.05. The number of hydrogen-bond donors (Lipinski definition) is 1. The molecule has 1 heterocycles. The first-order valence-corrected chi connectivity index (χ1v) is 6.91. The zero-order valence-electron chi connectivity index (χ0n) is 12.4. The third-order valence-corrected chi connectivity index (χ3v) is 3.55. The maximum absolute atomic E-state index is 5.98. The summed E-state index contributed by atoms with van der Waals surface area (Å²) >= 11 is 0. The minimum Gasteiger partial charge on any atom is -0.374 e. The van der Waals surface area contributed by atoms with E-state index in [0.29, 0.717) is 6.04 Å². The third kappa shape index (κ3) is 3.82. The first kappa shape index (κ1) is 15.2. The summed E-state index contributed by atoms with van der Waals surface area (Å²) in [6, 6.07) is 2.37. The molecule has 0 aliphatic heterocycles. The molecule has 1 aromatic heterocycles. The van der Waals surface area contributed by atoms with Crippen molar-refractivity contribution in [3.8, 4) is 0 Å². The second kappa shape index (κ2) is 6.90. The summed E-state index contributed by atoms with van der Waals surface area (Å²) in [5.74, 6) is 0. The molecule has 1 aromatic rings. The number of nitrogens with zero attached hydrogens (tertiary/aromatic N) is 2. The summed E-state index contributed by atoms with van der Waals surface area (Å²) in [7, 11) is 1.95. The van der Waals surface area contributed by atoms with E-state index < -0.39 is 0 Å². The SMILES string of the molecule is CCNC(Cc1ccn(C)n1)C(C)(CC)OCC. The Morgan fingerprint density at radius 2 is 2.17 bits per heavy atom. The summed E-state index contributed by atoms with van der Waals surface area (Å²) in [5, 5.41) is 8.00.